The van der Waals surface area contributed by atoms with Crippen LogP contribution in [0.3, 0.4) is 0 Å². The minimum absolute atomic E-state index is 0.0286. The number of aliphatic imine (C=N–C) groups is 1. The fraction of sp³-hybridized carbons (Fsp3) is 0.207. The van der Waals surface area contributed by atoms with Crippen molar-refractivity contribution in [2.75, 3.05) is 45.0 Å². The molecule has 198 valence electrons. The molecule has 4 aromatic rings. The Bertz CT molecular complexity index is 1610. The highest BCUT2D eigenvalue weighted by Crippen LogP contribution is 2.38. The number of anilines is 2. The van der Waals surface area contributed by atoms with Crippen molar-refractivity contribution in [1.29, 1.82) is 0 Å². The van der Waals surface area contributed by atoms with Crippen molar-refractivity contribution >= 4 is 62.1 Å². The lowest BCUT2D eigenvalue weighted by Crippen LogP contribution is -2.34. The number of rotatable bonds is 7. The van der Waals surface area contributed by atoms with Crippen LogP contribution in [0, 0.1) is 0 Å². The molecule has 1 aliphatic heterocycles. The summed E-state index contributed by atoms with van der Waals surface area (Å²) in [6.45, 7) is 0.299. The summed E-state index contributed by atoms with van der Waals surface area (Å²) in [6, 6.07) is 18.2. The molecule has 9 nitrogen and oxygen atoms in total. The third-order valence-electron chi connectivity index (χ3n) is 6.52. The number of methoxy groups -OCH3 is 1. The van der Waals surface area contributed by atoms with Gasteiger partial charge in [-0.05, 0) is 73.8 Å². The summed E-state index contributed by atoms with van der Waals surface area (Å²) in [4.78, 5) is 50.7. The van der Waals surface area contributed by atoms with Gasteiger partial charge in [-0.1, -0.05) is 12.1 Å². The van der Waals surface area contributed by atoms with Crippen LogP contribution in [-0.4, -0.2) is 68.2 Å². The number of carbonyl (C=O) groups is 3. The molecule has 0 saturated carbocycles. The van der Waals surface area contributed by atoms with Crippen LogP contribution in [0.4, 0.5) is 17.1 Å². The number of fused-ring (bicyclic) bond motifs is 2. The van der Waals surface area contributed by atoms with Crippen LogP contribution in [0.25, 0.3) is 10.2 Å². The molecule has 1 N–H and O–H groups in total. The first kappa shape index (κ1) is 26.2. The van der Waals surface area contributed by atoms with Gasteiger partial charge in [-0.25, -0.2) is 9.78 Å². The molecule has 2 amide bonds. The first-order valence-electron chi connectivity index (χ1n) is 12.2. The largest absolute Gasteiger partial charge is 0.465 e. The predicted octanol–water partition coefficient (Wildman–Crippen LogP) is 4.46. The summed E-state index contributed by atoms with van der Waals surface area (Å²) in [7, 11) is 6.75. The number of likely N-dealkylation sites (N-methyl/N-ethyl adjacent to an activating group) is 2. The van der Waals surface area contributed by atoms with Gasteiger partial charge in [-0.2, -0.15) is 0 Å². The Labute approximate surface area is 229 Å². The Kier molecular flexibility index (Phi) is 7.23. The number of nitrogens with one attached hydrogen (secondary N) is 1. The molecule has 0 bridgehead atoms. The third-order valence-corrected chi connectivity index (χ3v) is 7.33. The molecule has 39 heavy (non-hydrogen) atoms. The fourth-order valence-corrected chi connectivity index (χ4v) is 5.16. The van der Waals surface area contributed by atoms with E-state index in [0.29, 0.717) is 29.2 Å². The standard InChI is InChI=1S/C29H27N5O4S/c1-33(2)15-25(35)34(3)20-9-7-19(8-10-20)31-27(17-6-12-24-23(13-17)30-16-39-24)26-21-11-5-18(29(37)38-4)14-22(21)32-28(26)36/h5-14,16,26H,15H2,1-4H3,(H,32,36). The van der Waals surface area contributed by atoms with E-state index in [2.05, 4.69) is 10.3 Å². The molecule has 5 rings (SSSR count). The molecule has 10 heteroatoms. The Balaban J connectivity index is 1.56. The summed E-state index contributed by atoms with van der Waals surface area (Å²) in [5.74, 6) is -1.45. The fourth-order valence-electron chi connectivity index (χ4n) is 4.50. The number of ether oxygens (including phenoxy) is 1. The van der Waals surface area contributed by atoms with Gasteiger partial charge in [0.25, 0.3) is 0 Å². The quantitative estimate of drug-likeness (QED) is 0.274. The molecular weight excluding hydrogens is 514 g/mol. The maximum Gasteiger partial charge on any atom is 0.337 e. The zero-order chi connectivity index (χ0) is 27.7. The van der Waals surface area contributed by atoms with Crippen LogP contribution in [0.2, 0.25) is 0 Å². The van der Waals surface area contributed by atoms with Crippen molar-refractivity contribution in [3.63, 3.8) is 0 Å². The summed E-state index contributed by atoms with van der Waals surface area (Å²) in [5, 5.41) is 2.90. The second-order valence-electron chi connectivity index (χ2n) is 9.45. The van der Waals surface area contributed by atoms with Crippen molar-refractivity contribution in [2.24, 2.45) is 4.99 Å². The molecule has 0 saturated heterocycles. The van der Waals surface area contributed by atoms with Gasteiger partial charge < -0.3 is 19.9 Å². The maximum atomic E-state index is 13.3. The monoisotopic (exact) mass is 541 g/mol. The first-order chi connectivity index (χ1) is 18.7. The van der Waals surface area contributed by atoms with E-state index in [0.717, 1.165) is 27.0 Å². The van der Waals surface area contributed by atoms with Crippen molar-refractivity contribution in [3.8, 4) is 0 Å². The normalized spacial score (nSPS) is 14.8. The second-order valence-corrected chi connectivity index (χ2v) is 10.3. The molecule has 2 heterocycles. The predicted molar refractivity (Wildman–Crippen MR) is 153 cm³/mol. The smallest absolute Gasteiger partial charge is 0.337 e. The number of benzene rings is 3. The van der Waals surface area contributed by atoms with Crippen LogP contribution in [0.15, 0.2) is 71.2 Å². The molecule has 0 fully saturated rings. The SMILES string of the molecule is COC(=O)c1ccc2c(c1)NC(=O)C2C(=Nc1ccc(N(C)C(=O)CN(C)C)cc1)c1ccc2scnc2c1. The lowest BCUT2D eigenvalue weighted by Gasteiger charge is -2.20. The Morgan fingerprint density at radius 1 is 1.03 bits per heavy atom. The average Bonchev–Trinajstić information content (AvgIpc) is 3.53. The second kappa shape index (κ2) is 10.8. The van der Waals surface area contributed by atoms with Crippen LogP contribution >= 0.6 is 11.3 Å². The van der Waals surface area contributed by atoms with E-state index >= 15 is 0 Å². The van der Waals surface area contributed by atoms with E-state index in [4.69, 9.17) is 9.73 Å². The summed E-state index contributed by atoms with van der Waals surface area (Å²) in [6.07, 6.45) is 0. The third kappa shape index (κ3) is 5.29. The highest BCUT2D eigenvalue weighted by molar-refractivity contribution is 7.16. The van der Waals surface area contributed by atoms with Crippen LogP contribution in [0.5, 0.6) is 0 Å². The summed E-state index contributed by atoms with van der Waals surface area (Å²) < 4.78 is 5.86. The van der Waals surface area contributed by atoms with Crippen molar-refractivity contribution < 1.29 is 19.1 Å². The van der Waals surface area contributed by atoms with Gasteiger partial charge in [-0.15, -0.1) is 11.3 Å². The van der Waals surface area contributed by atoms with E-state index in [1.807, 2.05) is 61.5 Å². The molecule has 1 aromatic heterocycles. The number of amides is 2. The van der Waals surface area contributed by atoms with Crippen LogP contribution in [0.1, 0.15) is 27.4 Å². The number of nitrogens with zero attached hydrogens (tertiary/aromatic N) is 4. The number of esters is 1. The Morgan fingerprint density at radius 2 is 1.77 bits per heavy atom. The maximum absolute atomic E-state index is 13.3. The molecule has 1 atom stereocenters. The van der Waals surface area contributed by atoms with E-state index in [1.165, 1.54) is 7.11 Å². The van der Waals surface area contributed by atoms with Crippen molar-refractivity contribution in [2.45, 2.75) is 5.92 Å². The number of thiazole rings is 1. The lowest BCUT2D eigenvalue weighted by atomic mass is 9.90. The average molecular weight is 542 g/mol. The van der Waals surface area contributed by atoms with E-state index in [9.17, 15) is 14.4 Å². The summed E-state index contributed by atoms with van der Waals surface area (Å²) >= 11 is 1.54. The minimum Gasteiger partial charge on any atom is -0.465 e. The van der Waals surface area contributed by atoms with Crippen molar-refractivity contribution in [3.05, 3.63) is 82.9 Å². The van der Waals surface area contributed by atoms with Gasteiger partial charge in [0.1, 0.15) is 5.92 Å². The van der Waals surface area contributed by atoms with Gasteiger partial charge in [-0.3, -0.25) is 14.6 Å². The number of aromatic nitrogens is 1. The number of hydrogen-bond acceptors (Lipinski definition) is 8. The van der Waals surface area contributed by atoms with Crippen LogP contribution < -0.4 is 10.2 Å². The zero-order valence-electron chi connectivity index (χ0n) is 22.0. The van der Waals surface area contributed by atoms with Gasteiger partial charge in [0.05, 0.1) is 46.3 Å². The molecule has 1 unspecified atom stereocenters. The van der Waals surface area contributed by atoms with Gasteiger partial charge in [0.2, 0.25) is 11.8 Å². The highest BCUT2D eigenvalue weighted by atomic mass is 32.1. The molecule has 0 radical (unpaired) electrons. The molecule has 3 aromatic carbocycles. The van der Waals surface area contributed by atoms with Gasteiger partial charge >= 0.3 is 5.97 Å². The van der Waals surface area contributed by atoms with Crippen molar-refractivity contribution in [1.82, 2.24) is 9.88 Å². The number of carbonyl (C=O) groups excluding carboxylic acids is 3. The summed E-state index contributed by atoms with van der Waals surface area (Å²) in [5.41, 5.74) is 6.91. The molecule has 0 aliphatic carbocycles. The zero-order valence-corrected chi connectivity index (χ0v) is 22.8. The van der Waals surface area contributed by atoms with Crippen LogP contribution in [-0.2, 0) is 14.3 Å². The topological polar surface area (TPSA) is 104 Å². The highest BCUT2D eigenvalue weighted by Gasteiger charge is 2.36. The molecular formula is C29H27N5O4S. The molecule has 0 spiro atoms. The number of hydrogen-bond donors (Lipinski definition) is 1. The molecule has 1 aliphatic rings. The lowest BCUT2D eigenvalue weighted by molar-refractivity contribution is -0.119. The first-order valence-corrected chi connectivity index (χ1v) is 13.1. The van der Waals surface area contributed by atoms with Gasteiger partial charge in [0, 0.05) is 18.4 Å². The van der Waals surface area contributed by atoms with E-state index in [-0.39, 0.29) is 11.8 Å². The van der Waals surface area contributed by atoms with E-state index in [1.54, 1.807) is 47.0 Å². The van der Waals surface area contributed by atoms with Gasteiger partial charge in [0.15, 0.2) is 0 Å². The van der Waals surface area contributed by atoms with E-state index < -0.39 is 11.9 Å². The Hall–Kier alpha value is -4.41. The minimum atomic E-state index is -0.702. The Morgan fingerprint density at radius 3 is 2.49 bits per heavy atom.